The number of amides is 1. The number of nitrogens with zero attached hydrogens (tertiary/aromatic N) is 1. The maximum Gasteiger partial charge on any atom is 0.227 e. The number of rotatable bonds is 4. The average Bonchev–Trinajstić information content (AvgIpc) is 3.15. The summed E-state index contributed by atoms with van der Waals surface area (Å²) < 4.78 is 5.33. The number of piperidine rings is 1. The Bertz CT molecular complexity index is 929. The van der Waals surface area contributed by atoms with Gasteiger partial charge in [0, 0.05) is 18.5 Å². The number of ether oxygens (including phenoxy) is 1. The SMILES string of the molecule is COc1ccc([C@H]2CNC(=O)C23CCN(C2CCCCC2c2ccc(C)cc2)CC3)cc1. The van der Waals surface area contributed by atoms with Crippen LogP contribution >= 0.6 is 0 Å². The minimum absolute atomic E-state index is 0.252. The predicted molar refractivity (Wildman–Crippen MR) is 128 cm³/mol. The van der Waals surface area contributed by atoms with Crippen molar-refractivity contribution in [1.82, 2.24) is 10.2 Å². The molecule has 32 heavy (non-hydrogen) atoms. The van der Waals surface area contributed by atoms with Crippen LogP contribution in [-0.2, 0) is 4.79 Å². The van der Waals surface area contributed by atoms with E-state index in [1.165, 1.54) is 42.4 Å². The van der Waals surface area contributed by atoms with E-state index in [-0.39, 0.29) is 17.2 Å². The molecule has 4 heteroatoms. The smallest absolute Gasteiger partial charge is 0.227 e. The highest BCUT2D eigenvalue weighted by Crippen LogP contribution is 2.49. The number of hydrogen-bond acceptors (Lipinski definition) is 3. The maximum atomic E-state index is 13.1. The Balaban J connectivity index is 1.33. The number of benzene rings is 2. The van der Waals surface area contributed by atoms with Crippen molar-refractivity contribution in [3.63, 3.8) is 0 Å². The van der Waals surface area contributed by atoms with Gasteiger partial charge in [-0.25, -0.2) is 0 Å². The molecule has 1 amide bonds. The first-order valence-corrected chi connectivity index (χ1v) is 12.3. The lowest BCUT2D eigenvalue weighted by Crippen LogP contribution is -2.51. The van der Waals surface area contributed by atoms with Gasteiger partial charge in [0.05, 0.1) is 12.5 Å². The fraction of sp³-hybridized carbons (Fsp3) is 0.536. The van der Waals surface area contributed by atoms with Gasteiger partial charge in [-0.2, -0.15) is 0 Å². The number of hydrogen-bond donors (Lipinski definition) is 1. The zero-order valence-corrected chi connectivity index (χ0v) is 19.5. The van der Waals surface area contributed by atoms with Crippen LogP contribution in [0.2, 0.25) is 0 Å². The van der Waals surface area contributed by atoms with Crippen LogP contribution < -0.4 is 10.1 Å². The third-order valence-electron chi connectivity index (χ3n) is 8.50. The van der Waals surface area contributed by atoms with E-state index in [0.29, 0.717) is 12.0 Å². The topological polar surface area (TPSA) is 41.6 Å². The van der Waals surface area contributed by atoms with Gasteiger partial charge < -0.3 is 10.1 Å². The van der Waals surface area contributed by atoms with Gasteiger partial charge in [-0.15, -0.1) is 0 Å². The van der Waals surface area contributed by atoms with E-state index in [1.807, 2.05) is 12.1 Å². The summed E-state index contributed by atoms with van der Waals surface area (Å²) in [4.78, 5) is 15.8. The first-order valence-electron chi connectivity index (χ1n) is 12.3. The van der Waals surface area contributed by atoms with Crippen molar-refractivity contribution in [2.45, 2.75) is 63.3 Å². The van der Waals surface area contributed by atoms with Crippen LogP contribution in [0.4, 0.5) is 0 Å². The second-order valence-corrected chi connectivity index (χ2v) is 10.1. The molecular weight excluding hydrogens is 396 g/mol. The molecule has 2 aliphatic heterocycles. The molecule has 2 unspecified atom stereocenters. The third kappa shape index (κ3) is 3.83. The van der Waals surface area contributed by atoms with E-state index in [4.69, 9.17) is 4.74 Å². The van der Waals surface area contributed by atoms with Gasteiger partial charge in [0.15, 0.2) is 0 Å². The van der Waals surface area contributed by atoms with Crippen molar-refractivity contribution in [1.29, 1.82) is 0 Å². The Labute approximate surface area is 192 Å². The highest BCUT2D eigenvalue weighted by Gasteiger charge is 2.52. The zero-order valence-electron chi connectivity index (χ0n) is 19.5. The molecule has 1 spiro atoms. The van der Waals surface area contributed by atoms with E-state index in [9.17, 15) is 4.79 Å². The maximum absolute atomic E-state index is 13.1. The molecule has 5 rings (SSSR count). The predicted octanol–water partition coefficient (Wildman–Crippen LogP) is 5.03. The summed E-state index contributed by atoms with van der Waals surface area (Å²) in [7, 11) is 1.70. The molecule has 0 bridgehead atoms. The first-order chi connectivity index (χ1) is 15.6. The monoisotopic (exact) mass is 432 g/mol. The molecule has 2 heterocycles. The van der Waals surface area contributed by atoms with Crippen molar-refractivity contribution in [3.8, 4) is 5.75 Å². The van der Waals surface area contributed by atoms with Crippen LogP contribution in [0.5, 0.6) is 5.75 Å². The molecule has 3 atom stereocenters. The molecule has 2 aromatic carbocycles. The lowest BCUT2D eigenvalue weighted by Gasteiger charge is -2.47. The Hall–Kier alpha value is -2.33. The van der Waals surface area contributed by atoms with E-state index in [2.05, 4.69) is 53.5 Å². The van der Waals surface area contributed by atoms with Gasteiger partial charge in [-0.3, -0.25) is 9.69 Å². The molecule has 2 saturated heterocycles. The fourth-order valence-electron chi connectivity index (χ4n) is 6.58. The number of likely N-dealkylation sites (tertiary alicyclic amines) is 1. The van der Waals surface area contributed by atoms with Crippen molar-refractivity contribution in [2.24, 2.45) is 5.41 Å². The molecule has 3 aliphatic rings. The van der Waals surface area contributed by atoms with E-state index >= 15 is 0 Å². The minimum Gasteiger partial charge on any atom is -0.497 e. The number of carbonyl (C=O) groups excluding carboxylic acids is 1. The lowest BCUT2D eigenvalue weighted by atomic mass is 9.67. The number of aryl methyl sites for hydroxylation is 1. The lowest BCUT2D eigenvalue weighted by molar-refractivity contribution is -0.131. The minimum atomic E-state index is -0.265. The van der Waals surface area contributed by atoms with Gasteiger partial charge in [0.2, 0.25) is 5.91 Å². The highest BCUT2D eigenvalue weighted by atomic mass is 16.5. The van der Waals surface area contributed by atoms with Crippen molar-refractivity contribution in [3.05, 3.63) is 65.2 Å². The van der Waals surface area contributed by atoms with Crippen molar-refractivity contribution in [2.75, 3.05) is 26.7 Å². The first kappa shape index (κ1) is 21.5. The Kier molecular flexibility index (Phi) is 5.98. The zero-order chi connectivity index (χ0) is 22.1. The molecule has 0 aromatic heterocycles. The van der Waals surface area contributed by atoms with Gasteiger partial charge >= 0.3 is 0 Å². The van der Waals surface area contributed by atoms with Crippen molar-refractivity contribution < 1.29 is 9.53 Å². The molecule has 2 aromatic rings. The summed E-state index contributed by atoms with van der Waals surface area (Å²) in [5.74, 6) is 2.00. The van der Waals surface area contributed by atoms with Gasteiger partial charge in [-0.1, -0.05) is 54.8 Å². The standard InChI is InChI=1S/C28H36N2O2/c1-20-7-9-21(10-8-20)24-5-3-4-6-26(24)30-17-15-28(16-18-30)25(19-29-27(28)31)22-11-13-23(32-2)14-12-22/h7-14,24-26H,3-6,15-19H2,1-2H3,(H,29,31)/t24?,25-,26?/m1/s1. The summed E-state index contributed by atoms with van der Waals surface area (Å²) in [5, 5.41) is 3.20. The summed E-state index contributed by atoms with van der Waals surface area (Å²) in [5.41, 5.74) is 3.82. The number of carbonyl (C=O) groups is 1. The normalized spacial score (nSPS) is 27.9. The van der Waals surface area contributed by atoms with Crippen LogP contribution in [-0.4, -0.2) is 43.6 Å². The van der Waals surface area contributed by atoms with Gasteiger partial charge in [0.25, 0.3) is 0 Å². The van der Waals surface area contributed by atoms with E-state index < -0.39 is 0 Å². The largest absolute Gasteiger partial charge is 0.497 e. The molecule has 1 saturated carbocycles. The molecule has 3 fully saturated rings. The van der Waals surface area contributed by atoms with Crippen LogP contribution in [0, 0.1) is 12.3 Å². The second-order valence-electron chi connectivity index (χ2n) is 10.1. The summed E-state index contributed by atoms with van der Waals surface area (Å²) in [6.45, 7) is 4.96. The quantitative estimate of drug-likeness (QED) is 0.737. The highest BCUT2D eigenvalue weighted by molar-refractivity contribution is 5.86. The van der Waals surface area contributed by atoms with E-state index in [0.717, 1.165) is 38.2 Å². The number of methoxy groups -OCH3 is 1. The molecule has 1 aliphatic carbocycles. The van der Waals surface area contributed by atoms with Crippen LogP contribution in [0.3, 0.4) is 0 Å². The molecule has 1 N–H and O–H groups in total. The second kappa shape index (κ2) is 8.90. The number of nitrogens with one attached hydrogen (secondary N) is 1. The fourth-order valence-corrected chi connectivity index (χ4v) is 6.58. The molecule has 0 radical (unpaired) electrons. The molecule has 4 nitrogen and oxygen atoms in total. The third-order valence-corrected chi connectivity index (χ3v) is 8.50. The summed E-state index contributed by atoms with van der Waals surface area (Å²) in [6, 6.07) is 18.1. The molecule has 170 valence electrons. The van der Waals surface area contributed by atoms with Gasteiger partial charge in [-0.05, 0) is 74.9 Å². The van der Waals surface area contributed by atoms with Crippen molar-refractivity contribution >= 4 is 5.91 Å². The molecular formula is C28H36N2O2. The Morgan fingerprint density at radius 2 is 1.59 bits per heavy atom. The van der Waals surface area contributed by atoms with E-state index in [1.54, 1.807) is 7.11 Å². The van der Waals surface area contributed by atoms with Crippen LogP contribution in [0.1, 0.15) is 67.1 Å². The van der Waals surface area contributed by atoms with Gasteiger partial charge in [0.1, 0.15) is 5.75 Å². The summed E-state index contributed by atoms with van der Waals surface area (Å²) in [6.07, 6.45) is 7.11. The Morgan fingerprint density at radius 1 is 0.938 bits per heavy atom. The summed E-state index contributed by atoms with van der Waals surface area (Å²) >= 11 is 0. The Morgan fingerprint density at radius 3 is 2.28 bits per heavy atom. The van der Waals surface area contributed by atoms with Crippen LogP contribution in [0.15, 0.2) is 48.5 Å². The van der Waals surface area contributed by atoms with Crippen LogP contribution in [0.25, 0.3) is 0 Å². The average molecular weight is 433 g/mol.